The summed E-state index contributed by atoms with van der Waals surface area (Å²) in [5.74, 6) is -1.08. The molecule has 10 heteroatoms. The van der Waals surface area contributed by atoms with E-state index in [1.165, 1.54) is 0 Å². The molecule has 0 bridgehead atoms. The topological polar surface area (TPSA) is 133 Å². The molecule has 1 aliphatic heterocycles. The number of amides is 3. The fourth-order valence-electron chi connectivity index (χ4n) is 5.34. The summed E-state index contributed by atoms with van der Waals surface area (Å²) in [6, 6.07) is 16.0. The molecule has 4 rings (SSSR count). The lowest BCUT2D eigenvalue weighted by atomic mass is 9.81. The van der Waals surface area contributed by atoms with Gasteiger partial charge in [-0.1, -0.05) is 48.5 Å². The summed E-state index contributed by atoms with van der Waals surface area (Å²) in [4.78, 5) is 38.9. The molecule has 2 aliphatic rings. The molecule has 1 aliphatic carbocycles. The number of rotatable bonds is 8. The maximum Gasteiger partial charge on any atom is 0.404 e. The Bertz CT molecular complexity index is 1190. The van der Waals surface area contributed by atoms with Crippen LogP contribution in [0.15, 0.2) is 65.6 Å². The van der Waals surface area contributed by atoms with Gasteiger partial charge in [0.1, 0.15) is 6.04 Å². The summed E-state index contributed by atoms with van der Waals surface area (Å²) < 4.78 is 26.3. The highest BCUT2D eigenvalue weighted by Gasteiger charge is 2.43. The highest BCUT2D eigenvalue weighted by atomic mass is 32.2. The maximum absolute atomic E-state index is 13.3. The molecule has 1 saturated carbocycles. The van der Waals surface area contributed by atoms with Crippen molar-refractivity contribution >= 4 is 27.7 Å². The smallest absolute Gasteiger partial charge is 0.404 e. The van der Waals surface area contributed by atoms with E-state index in [4.69, 9.17) is 0 Å². The zero-order valence-corrected chi connectivity index (χ0v) is 20.7. The van der Waals surface area contributed by atoms with Gasteiger partial charge in [0, 0.05) is 18.6 Å². The summed E-state index contributed by atoms with van der Waals surface area (Å²) >= 11 is 0. The Morgan fingerprint density at radius 1 is 0.944 bits per heavy atom. The van der Waals surface area contributed by atoms with Crippen molar-refractivity contribution in [3.05, 3.63) is 66.2 Å². The monoisotopic (exact) mass is 513 g/mol. The Morgan fingerprint density at radius 3 is 2.28 bits per heavy atom. The Morgan fingerprint density at radius 2 is 1.61 bits per heavy atom. The molecule has 9 nitrogen and oxygen atoms in total. The van der Waals surface area contributed by atoms with E-state index in [-0.39, 0.29) is 41.0 Å². The number of carbonyl (C=O) groups is 3. The van der Waals surface area contributed by atoms with Crippen LogP contribution in [0.1, 0.15) is 31.2 Å². The molecule has 3 N–H and O–H groups in total. The summed E-state index contributed by atoms with van der Waals surface area (Å²) in [6.45, 7) is 0.415. The van der Waals surface area contributed by atoms with Crippen LogP contribution in [-0.2, 0) is 25.8 Å². The first-order valence-electron chi connectivity index (χ1n) is 12.1. The van der Waals surface area contributed by atoms with Gasteiger partial charge in [-0.2, -0.15) is 0 Å². The molecule has 0 radical (unpaired) electrons. The Hall–Kier alpha value is -3.40. The van der Waals surface area contributed by atoms with Gasteiger partial charge in [-0.25, -0.2) is 13.2 Å². The molecule has 1 saturated heterocycles. The quantitative estimate of drug-likeness (QED) is 0.496. The molecule has 2 aromatic rings. The lowest BCUT2D eigenvalue weighted by Crippen LogP contribution is -2.52. The van der Waals surface area contributed by atoms with Crippen molar-refractivity contribution in [2.45, 2.75) is 55.1 Å². The third-order valence-electron chi connectivity index (χ3n) is 6.99. The molecule has 0 aromatic heterocycles. The number of carboxylic acid groups (broad SMARTS) is 1. The highest BCUT2D eigenvalue weighted by molar-refractivity contribution is 7.91. The van der Waals surface area contributed by atoms with Gasteiger partial charge in [0.25, 0.3) is 0 Å². The Labute approximate surface area is 210 Å². The van der Waals surface area contributed by atoms with E-state index in [1.54, 1.807) is 35.2 Å². The van der Waals surface area contributed by atoms with Crippen molar-refractivity contribution in [3.8, 4) is 0 Å². The second kappa shape index (κ2) is 11.1. The number of hydrogen-bond acceptors (Lipinski definition) is 5. The minimum absolute atomic E-state index is 0.175. The van der Waals surface area contributed by atoms with E-state index in [1.807, 2.05) is 30.3 Å². The van der Waals surface area contributed by atoms with Crippen LogP contribution in [0.3, 0.4) is 0 Å². The fraction of sp³-hybridized carbons (Fsp3) is 0.423. The van der Waals surface area contributed by atoms with Crippen molar-refractivity contribution in [2.24, 2.45) is 5.92 Å². The van der Waals surface area contributed by atoms with Gasteiger partial charge in [0.05, 0.1) is 17.1 Å². The van der Waals surface area contributed by atoms with Crippen LogP contribution < -0.4 is 10.6 Å². The van der Waals surface area contributed by atoms with Crippen LogP contribution >= 0.6 is 0 Å². The molecule has 3 amide bonds. The predicted octanol–water partition coefficient (Wildman–Crippen LogP) is 2.23. The second-order valence-corrected chi connectivity index (χ2v) is 11.5. The lowest BCUT2D eigenvalue weighted by molar-refractivity contribution is -0.135. The molecule has 192 valence electrons. The van der Waals surface area contributed by atoms with E-state index in [9.17, 15) is 27.9 Å². The third kappa shape index (κ3) is 6.23. The standard InChI is InChI=1S/C26H31N3O6S/c30-24(15-18-7-3-1-4-8-18)28-22-13-14-29(25(22)31)23-12-11-20(27-26(32)33)16-19(23)17-36(34,35)21-9-5-2-6-10-21/h1-10,19-20,22-23,27H,11-17H2,(H,28,30)(H,32,33)/t19-,20+,22-,23-/m0/s1. The summed E-state index contributed by atoms with van der Waals surface area (Å²) in [7, 11) is -3.64. The van der Waals surface area contributed by atoms with Crippen molar-refractivity contribution in [1.29, 1.82) is 0 Å². The van der Waals surface area contributed by atoms with Crippen molar-refractivity contribution in [2.75, 3.05) is 12.3 Å². The molecule has 2 aromatic carbocycles. The number of carbonyl (C=O) groups excluding carboxylic acids is 2. The summed E-state index contributed by atoms with van der Waals surface area (Å²) in [5.41, 5.74) is 0.854. The maximum atomic E-state index is 13.3. The molecule has 2 fully saturated rings. The van der Waals surface area contributed by atoms with E-state index in [2.05, 4.69) is 10.6 Å². The van der Waals surface area contributed by atoms with Crippen molar-refractivity contribution in [1.82, 2.24) is 15.5 Å². The van der Waals surface area contributed by atoms with Gasteiger partial charge >= 0.3 is 6.09 Å². The molecular formula is C26H31N3O6S. The van der Waals surface area contributed by atoms with Gasteiger partial charge < -0.3 is 20.6 Å². The largest absolute Gasteiger partial charge is 0.465 e. The SMILES string of the molecule is O=C(O)N[C@@H]1CC[C@H](N2CC[C@H](NC(=O)Cc3ccccc3)C2=O)[C@H](CS(=O)(=O)c2ccccc2)C1. The minimum atomic E-state index is -3.64. The fourth-order valence-corrected chi connectivity index (χ4v) is 7.03. The Balaban J connectivity index is 1.46. The van der Waals surface area contributed by atoms with Crippen molar-refractivity contribution in [3.63, 3.8) is 0 Å². The molecule has 4 atom stereocenters. The van der Waals surface area contributed by atoms with Gasteiger partial charge in [-0.05, 0) is 49.3 Å². The summed E-state index contributed by atoms with van der Waals surface area (Å²) in [5, 5.41) is 14.5. The molecule has 36 heavy (non-hydrogen) atoms. The number of nitrogens with one attached hydrogen (secondary N) is 2. The molecular weight excluding hydrogens is 482 g/mol. The van der Waals surface area contributed by atoms with Gasteiger partial charge in [-0.3, -0.25) is 9.59 Å². The number of likely N-dealkylation sites (tertiary alicyclic amines) is 1. The predicted molar refractivity (Wildman–Crippen MR) is 133 cm³/mol. The zero-order valence-electron chi connectivity index (χ0n) is 19.9. The number of hydrogen-bond donors (Lipinski definition) is 3. The number of benzene rings is 2. The highest BCUT2D eigenvalue weighted by Crippen LogP contribution is 2.34. The third-order valence-corrected chi connectivity index (χ3v) is 8.85. The van der Waals surface area contributed by atoms with Gasteiger partial charge in [-0.15, -0.1) is 0 Å². The van der Waals surface area contributed by atoms with E-state index >= 15 is 0 Å². The average molecular weight is 514 g/mol. The average Bonchev–Trinajstić information content (AvgIpc) is 3.19. The Kier molecular flexibility index (Phi) is 7.93. The number of sulfone groups is 1. The van der Waals surface area contributed by atoms with E-state index in [0.29, 0.717) is 32.2 Å². The number of nitrogens with zero attached hydrogens (tertiary/aromatic N) is 1. The van der Waals surface area contributed by atoms with Crippen LogP contribution in [0.4, 0.5) is 4.79 Å². The molecule has 1 heterocycles. The normalized spacial score (nSPS) is 24.3. The van der Waals surface area contributed by atoms with E-state index in [0.717, 1.165) is 5.56 Å². The van der Waals surface area contributed by atoms with Gasteiger partial charge in [0.2, 0.25) is 11.8 Å². The van der Waals surface area contributed by atoms with Crippen LogP contribution in [0.25, 0.3) is 0 Å². The molecule has 0 unspecified atom stereocenters. The second-order valence-electron chi connectivity index (χ2n) is 9.48. The van der Waals surface area contributed by atoms with Gasteiger partial charge in [0.15, 0.2) is 9.84 Å². The summed E-state index contributed by atoms with van der Waals surface area (Å²) in [6.07, 6.45) is 0.780. The van der Waals surface area contributed by atoms with E-state index < -0.39 is 27.9 Å². The first-order chi connectivity index (χ1) is 17.2. The minimum Gasteiger partial charge on any atom is -0.465 e. The van der Waals surface area contributed by atoms with Crippen LogP contribution in [-0.4, -0.2) is 66.8 Å². The molecule has 0 spiro atoms. The van der Waals surface area contributed by atoms with Crippen LogP contribution in [0.5, 0.6) is 0 Å². The lowest BCUT2D eigenvalue weighted by Gasteiger charge is -2.41. The first-order valence-corrected chi connectivity index (χ1v) is 13.8. The zero-order chi connectivity index (χ0) is 25.7. The van der Waals surface area contributed by atoms with Crippen LogP contribution in [0, 0.1) is 5.92 Å². The van der Waals surface area contributed by atoms with Crippen LogP contribution in [0.2, 0.25) is 0 Å². The first kappa shape index (κ1) is 25.7. The van der Waals surface area contributed by atoms with Crippen molar-refractivity contribution < 1.29 is 27.9 Å².